The van der Waals surface area contributed by atoms with Crippen molar-refractivity contribution in [1.82, 2.24) is 9.97 Å². The number of aliphatic hydroxyl groups is 1. The van der Waals surface area contributed by atoms with Crippen LogP contribution in [0.15, 0.2) is 65.1 Å². The molecule has 0 spiro atoms. The van der Waals surface area contributed by atoms with Crippen LogP contribution >= 0.6 is 28.3 Å². The van der Waals surface area contributed by atoms with Crippen molar-refractivity contribution in [3.05, 3.63) is 87.6 Å². The monoisotopic (exact) mass is 532 g/mol. The molecule has 0 fully saturated rings. The summed E-state index contributed by atoms with van der Waals surface area (Å²) >= 11 is 3.29. The van der Waals surface area contributed by atoms with Crippen molar-refractivity contribution in [2.24, 2.45) is 0 Å². The topological polar surface area (TPSA) is 119 Å². The number of anilines is 2. The van der Waals surface area contributed by atoms with Crippen LogP contribution in [0.4, 0.5) is 20.8 Å². The van der Waals surface area contributed by atoms with E-state index in [1.807, 2.05) is 0 Å². The minimum atomic E-state index is -2.02. The third-order valence-corrected chi connectivity index (χ3v) is 5.81. The fourth-order valence-corrected chi connectivity index (χ4v) is 4.32. The second-order valence-corrected chi connectivity index (χ2v) is 8.12. The highest BCUT2D eigenvalue weighted by Gasteiger charge is 2.51. The zero-order valence-corrected chi connectivity index (χ0v) is 18.9. The number of carboxylic acid groups (broad SMARTS) is 1. The number of nitrogens with zero attached hydrogens (tertiary/aromatic N) is 2. The van der Waals surface area contributed by atoms with E-state index in [1.54, 1.807) is 42.5 Å². The summed E-state index contributed by atoms with van der Waals surface area (Å²) in [6.07, 6.45) is -1.28. The molecule has 1 aromatic heterocycles. The van der Waals surface area contributed by atoms with Crippen LogP contribution in [0.2, 0.25) is 0 Å². The maximum atomic E-state index is 14.8. The van der Waals surface area contributed by atoms with Gasteiger partial charge in [-0.2, -0.15) is 0 Å². The molecular formula is C22H15BrClFN4O4. The lowest BCUT2D eigenvalue weighted by molar-refractivity contribution is 0.0699. The SMILES string of the molecule is Cl.O=C(O)Nc1nc2ccc(C3(O)c4ccccc4C(=O)N3c3cc(Br)ccc3F)cc2[nH]1. The van der Waals surface area contributed by atoms with E-state index in [0.717, 1.165) is 4.90 Å². The number of benzene rings is 3. The number of carbonyl (C=O) groups is 2. The Bertz CT molecular complexity index is 1430. The van der Waals surface area contributed by atoms with Gasteiger partial charge in [0.2, 0.25) is 5.95 Å². The number of hydrogen-bond acceptors (Lipinski definition) is 4. The second-order valence-electron chi connectivity index (χ2n) is 7.20. The smallest absolute Gasteiger partial charge is 0.411 e. The van der Waals surface area contributed by atoms with Crippen LogP contribution in [0, 0.1) is 5.82 Å². The van der Waals surface area contributed by atoms with Crippen LogP contribution in [0.3, 0.4) is 0 Å². The number of nitrogens with one attached hydrogen (secondary N) is 2. The van der Waals surface area contributed by atoms with E-state index in [2.05, 4.69) is 31.2 Å². The van der Waals surface area contributed by atoms with Crippen LogP contribution in [0.25, 0.3) is 11.0 Å². The Morgan fingerprint density at radius 3 is 2.67 bits per heavy atom. The molecule has 0 saturated carbocycles. The van der Waals surface area contributed by atoms with Gasteiger partial charge in [0, 0.05) is 21.2 Å². The van der Waals surface area contributed by atoms with Gasteiger partial charge in [0.25, 0.3) is 5.91 Å². The summed E-state index contributed by atoms with van der Waals surface area (Å²) in [6, 6.07) is 15.3. The Balaban J connectivity index is 0.00000259. The van der Waals surface area contributed by atoms with E-state index in [9.17, 15) is 19.1 Å². The molecule has 168 valence electrons. The third-order valence-electron chi connectivity index (χ3n) is 5.32. The molecule has 2 amide bonds. The summed E-state index contributed by atoms with van der Waals surface area (Å²) in [5.74, 6) is -1.23. The summed E-state index contributed by atoms with van der Waals surface area (Å²) in [7, 11) is 0. The van der Waals surface area contributed by atoms with Crippen molar-refractivity contribution in [1.29, 1.82) is 0 Å². The number of carbonyl (C=O) groups excluding carboxylic acids is 1. The van der Waals surface area contributed by atoms with E-state index in [0.29, 0.717) is 21.1 Å². The molecule has 4 aromatic rings. The number of rotatable bonds is 3. The Hall–Kier alpha value is -3.47. The average Bonchev–Trinajstić information content (AvgIpc) is 3.26. The molecule has 1 aliphatic heterocycles. The zero-order valence-electron chi connectivity index (χ0n) is 16.5. The summed E-state index contributed by atoms with van der Waals surface area (Å²) in [5.41, 5.74) is -0.437. The molecule has 8 nitrogen and oxygen atoms in total. The van der Waals surface area contributed by atoms with Gasteiger partial charge in [-0.05, 0) is 36.4 Å². The number of aromatic amines is 1. The van der Waals surface area contributed by atoms with E-state index in [-0.39, 0.29) is 35.2 Å². The Morgan fingerprint density at radius 2 is 1.91 bits per heavy atom. The van der Waals surface area contributed by atoms with E-state index >= 15 is 0 Å². The van der Waals surface area contributed by atoms with Gasteiger partial charge in [-0.25, -0.2) is 14.2 Å². The molecule has 4 N–H and O–H groups in total. The number of hydrogen-bond donors (Lipinski definition) is 4. The Kier molecular flexibility index (Phi) is 5.61. The lowest BCUT2D eigenvalue weighted by Gasteiger charge is -2.35. The van der Waals surface area contributed by atoms with Crippen LogP contribution in [0.1, 0.15) is 21.5 Å². The normalized spacial score (nSPS) is 17.1. The van der Waals surface area contributed by atoms with Crippen molar-refractivity contribution >= 4 is 63.0 Å². The number of fused-ring (bicyclic) bond motifs is 2. The molecule has 0 saturated heterocycles. The number of H-pyrrole nitrogens is 1. The number of halogens is 3. The fraction of sp³-hybridized carbons (Fsp3) is 0.0455. The lowest BCUT2D eigenvalue weighted by Crippen LogP contribution is -2.45. The number of imidazole rings is 1. The summed E-state index contributed by atoms with van der Waals surface area (Å²) in [5, 5.41) is 23.0. The van der Waals surface area contributed by atoms with Gasteiger partial charge in [-0.15, -0.1) is 12.4 Å². The van der Waals surface area contributed by atoms with Crippen molar-refractivity contribution < 1.29 is 24.2 Å². The largest absolute Gasteiger partial charge is 0.465 e. The van der Waals surface area contributed by atoms with Gasteiger partial charge in [0.15, 0.2) is 5.72 Å². The molecule has 33 heavy (non-hydrogen) atoms. The van der Waals surface area contributed by atoms with Crippen molar-refractivity contribution in [2.75, 3.05) is 10.2 Å². The minimum absolute atomic E-state index is 0. The van der Waals surface area contributed by atoms with Gasteiger partial charge in [-0.1, -0.05) is 40.2 Å². The highest BCUT2D eigenvalue weighted by molar-refractivity contribution is 9.10. The van der Waals surface area contributed by atoms with Gasteiger partial charge < -0.3 is 15.2 Å². The molecule has 0 aliphatic carbocycles. The van der Waals surface area contributed by atoms with Crippen LogP contribution in [-0.4, -0.2) is 32.2 Å². The van der Waals surface area contributed by atoms with Gasteiger partial charge in [0.05, 0.1) is 16.7 Å². The van der Waals surface area contributed by atoms with Gasteiger partial charge in [0.1, 0.15) is 5.82 Å². The van der Waals surface area contributed by atoms with E-state index in [1.165, 1.54) is 18.2 Å². The fourth-order valence-electron chi connectivity index (χ4n) is 3.97. The van der Waals surface area contributed by atoms with Crippen molar-refractivity contribution in [3.63, 3.8) is 0 Å². The van der Waals surface area contributed by atoms with E-state index < -0.39 is 23.5 Å². The van der Waals surface area contributed by atoms with Gasteiger partial charge >= 0.3 is 6.09 Å². The first-order valence-corrected chi connectivity index (χ1v) is 10.2. The summed E-state index contributed by atoms with van der Waals surface area (Å²) < 4.78 is 15.4. The van der Waals surface area contributed by atoms with E-state index in [4.69, 9.17) is 5.11 Å². The number of aromatic nitrogens is 2. The van der Waals surface area contributed by atoms with Gasteiger partial charge in [-0.3, -0.25) is 15.0 Å². The first-order chi connectivity index (χ1) is 15.3. The third kappa shape index (κ3) is 3.52. The van der Waals surface area contributed by atoms with Crippen LogP contribution in [0.5, 0.6) is 0 Å². The average molecular weight is 534 g/mol. The molecule has 11 heteroatoms. The summed E-state index contributed by atoms with van der Waals surface area (Å²) in [6.45, 7) is 0. The standard InChI is InChI=1S/C22H14BrFN4O4.ClH/c23-12-6-7-15(24)18(10-12)28-19(29)13-3-1-2-4-14(13)22(28,32)11-5-8-16-17(9-11)26-20(25-16)27-21(30)31;/h1-10,32H,(H,30,31)(H2,25,26,27);1H. The molecule has 2 heterocycles. The predicted octanol–water partition coefficient (Wildman–Crippen LogP) is 4.83. The molecule has 1 aliphatic rings. The maximum Gasteiger partial charge on any atom is 0.411 e. The molecule has 0 radical (unpaired) electrons. The second kappa shape index (κ2) is 8.14. The summed E-state index contributed by atoms with van der Waals surface area (Å²) in [4.78, 5) is 32.2. The number of amides is 2. The van der Waals surface area contributed by atoms with Crippen LogP contribution in [-0.2, 0) is 5.72 Å². The molecule has 3 aromatic carbocycles. The maximum absolute atomic E-state index is 14.8. The molecule has 1 unspecified atom stereocenters. The Labute approximate surface area is 200 Å². The van der Waals surface area contributed by atoms with Crippen molar-refractivity contribution in [3.8, 4) is 0 Å². The highest BCUT2D eigenvalue weighted by Crippen LogP contribution is 2.46. The predicted molar refractivity (Wildman–Crippen MR) is 125 cm³/mol. The molecule has 1 atom stereocenters. The zero-order chi connectivity index (χ0) is 22.6. The molecule has 5 rings (SSSR count). The molecule has 0 bridgehead atoms. The molecular weight excluding hydrogens is 519 g/mol. The Morgan fingerprint density at radius 1 is 1.15 bits per heavy atom. The first-order valence-electron chi connectivity index (χ1n) is 9.40. The van der Waals surface area contributed by atoms with Crippen molar-refractivity contribution in [2.45, 2.75) is 5.72 Å². The quantitative estimate of drug-likeness (QED) is 0.301. The minimum Gasteiger partial charge on any atom is -0.465 e. The lowest BCUT2D eigenvalue weighted by atomic mass is 9.93. The highest BCUT2D eigenvalue weighted by atomic mass is 79.9. The first kappa shape index (κ1) is 22.7. The van der Waals surface area contributed by atoms with Crippen LogP contribution < -0.4 is 10.2 Å².